The van der Waals surface area contributed by atoms with Gasteiger partial charge in [-0.3, -0.25) is 0 Å². The van der Waals surface area contributed by atoms with Crippen molar-refractivity contribution in [2.75, 3.05) is 0 Å². The molecule has 0 radical (unpaired) electrons. The van der Waals surface area contributed by atoms with Gasteiger partial charge in [-0.15, -0.1) is 11.6 Å². The molecule has 0 atom stereocenters. The molecule has 0 spiro atoms. The quantitative estimate of drug-likeness (QED) is 0.763. The number of hydrogen-bond acceptors (Lipinski definition) is 2. The number of nitrogens with zero attached hydrogens (tertiary/aromatic N) is 1. The second-order valence-corrected chi connectivity index (χ2v) is 5.45. The van der Waals surface area contributed by atoms with Gasteiger partial charge in [0, 0.05) is 17.6 Å². The molecule has 0 amide bonds. The Labute approximate surface area is 124 Å². The van der Waals surface area contributed by atoms with Crippen LogP contribution in [-0.2, 0) is 25.1 Å². The Hall–Kier alpha value is -1.54. The monoisotopic (exact) mass is 287 g/mol. The first kappa shape index (κ1) is 13.4. The van der Waals surface area contributed by atoms with Crippen molar-refractivity contribution in [2.45, 2.75) is 38.5 Å². The summed E-state index contributed by atoms with van der Waals surface area (Å²) in [7, 11) is 0. The van der Waals surface area contributed by atoms with E-state index in [1.165, 1.54) is 24.0 Å². The number of ether oxygens (including phenoxy) is 1. The van der Waals surface area contributed by atoms with E-state index in [1.54, 1.807) is 0 Å². The van der Waals surface area contributed by atoms with E-state index in [-0.39, 0.29) is 0 Å². The average molecular weight is 288 g/mol. The van der Waals surface area contributed by atoms with E-state index in [2.05, 4.69) is 24.0 Å². The molecular formula is C17H18ClNO. The molecule has 104 valence electrons. The van der Waals surface area contributed by atoms with Crippen LogP contribution in [0.2, 0.25) is 0 Å². The average Bonchev–Trinajstić information content (AvgIpc) is 2.94. The highest BCUT2D eigenvalue weighted by atomic mass is 35.5. The number of rotatable bonds is 4. The third-order valence-corrected chi connectivity index (χ3v) is 4.03. The lowest BCUT2D eigenvalue weighted by atomic mass is 10.1. The van der Waals surface area contributed by atoms with Gasteiger partial charge in [-0.2, -0.15) is 0 Å². The fraction of sp³-hybridized carbons (Fsp3) is 0.353. The summed E-state index contributed by atoms with van der Waals surface area (Å²) in [6, 6.07) is 10.3. The number of aryl methyl sites for hydroxylation is 3. The molecule has 0 bridgehead atoms. The molecule has 0 N–H and O–H groups in total. The minimum atomic E-state index is 0.482. The summed E-state index contributed by atoms with van der Waals surface area (Å²) in [5.41, 5.74) is 4.93. The lowest BCUT2D eigenvalue weighted by Gasteiger charge is -2.09. The van der Waals surface area contributed by atoms with E-state index in [0.717, 1.165) is 29.8 Å². The van der Waals surface area contributed by atoms with Gasteiger partial charge in [0.2, 0.25) is 5.88 Å². The summed E-state index contributed by atoms with van der Waals surface area (Å²) in [5.74, 6) is 1.99. The highest BCUT2D eigenvalue weighted by Crippen LogP contribution is 2.29. The molecule has 0 unspecified atom stereocenters. The number of aromatic nitrogens is 1. The summed E-state index contributed by atoms with van der Waals surface area (Å²) < 4.78 is 5.92. The van der Waals surface area contributed by atoms with Gasteiger partial charge in [0.25, 0.3) is 0 Å². The molecule has 3 rings (SSSR count). The highest BCUT2D eigenvalue weighted by Gasteiger charge is 2.12. The third kappa shape index (κ3) is 2.80. The van der Waals surface area contributed by atoms with Crippen molar-refractivity contribution >= 4 is 11.6 Å². The zero-order valence-electron chi connectivity index (χ0n) is 11.7. The van der Waals surface area contributed by atoms with E-state index in [1.807, 2.05) is 18.2 Å². The van der Waals surface area contributed by atoms with Gasteiger partial charge < -0.3 is 4.74 Å². The smallest absolute Gasteiger partial charge is 0.219 e. The van der Waals surface area contributed by atoms with Crippen molar-refractivity contribution in [1.82, 2.24) is 4.98 Å². The number of halogens is 1. The minimum Gasteiger partial charge on any atom is -0.439 e. The van der Waals surface area contributed by atoms with E-state index >= 15 is 0 Å². The van der Waals surface area contributed by atoms with Crippen molar-refractivity contribution in [1.29, 1.82) is 0 Å². The van der Waals surface area contributed by atoms with Crippen molar-refractivity contribution in [3.05, 3.63) is 52.7 Å². The topological polar surface area (TPSA) is 22.1 Å². The molecule has 0 saturated heterocycles. The van der Waals surface area contributed by atoms with E-state index in [0.29, 0.717) is 11.8 Å². The van der Waals surface area contributed by atoms with Crippen LogP contribution in [0.25, 0.3) is 0 Å². The zero-order chi connectivity index (χ0) is 13.9. The first-order valence-corrected chi connectivity index (χ1v) is 7.67. The summed E-state index contributed by atoms with van der Waals surface area (Å²) in [5, 5.41) is 0. The van der Waals surface area contributed by atoms with E-state index in [9.17, 15) is 0 Å². The molecule has 1 aromatic heterocycles. The zero-order valence-corrected chi connectivity index (χ0v) is 12.4. The standard InChI is InChI=1S/C17H18ClNO/c1-2-15-8-12(11-18)9-17(19-15)20-16-7-6-13-4-3-5-14(13)10-16/h6-10H,2-5,11H2,1H3. The van der Waals surface area contributed by atoms with Crippen LogP contribution in [0.4, 0.5) is 0 Å². The molecule has 0 saturated carbocycles. The molecule has 0 fully saturated rings. The normalized spacial score (nSPS) is 13.3. The van der Waals surface area contributed by atoms with Crippen LogP contribution < -0.4 is 4.74 Å². The molecule has 1 aromatic carbocycles. The second kappa shape index (κ2) is 5.84. The molecule has 1 aliphatic rings. The van der Waals surface area contributed by atoms with Crippen molar-refractivity contribution in [3.63, 3.8) is 0 Å². The molecule has 2 aromatic rings. The summed E-state index contributed by atoms with van der Waals surface area (Å²) in [6.07, 6.45) is 4.47. The molecule has 1 aliphatic carbocycles. The summed E-state index contributed by atoms with van der Waals surface area (Å²) in [6.45, 7) is 2.08. The number of fused-ring (bicyclic) bond motifs is 1. The first-order valence-electron chi connectivity index (χ1n) is 7.14. The predicted octanol–water partition coefficient (Wildman–Crippen LogP) is 4.66. The highest BCUT2D eigenvalue weighted by molar-refractivity contribution is 6.17. The second-order valence-electron chi connectivity index (χ2n) is 5.18. The van der Waals surface area contributed by atoms with Crippen LogP contribution in [0, 0.1) is 0 Å². The van der Waals surface area contributed by atoms with Crippen molar-refractivity contribution in [2.24, 2.45) is 0 Å². The van der Waals surface area contributed by atoms with Gasteiger partial charge in [0.05, 0.1) is 0 Å². The Balaban J connectivity index is 1.87. The number of benzene rings is 1. The molecule has 1 heterocycles. The minimum absolute atomic E-state index is 0.482. The van der Waals surface area contributed by atoms with E-state index < -0.39 is 0 Å². The van der Waals surface area contributed by atoms with Crippen LogP contribution in [0.5, 0.6) is 11.6 Å². The Kier molecular flexibility index (Phi) is 3.93. The van der Waals surface area contributed by atoms with Crippen LogP contribution >= 0.6 is 11.6 Å². The van der Waals surface area contributed by atoms with Crippen molar-refractivity contribution in [3.8, 4) is 11.6 Å². The maximum Gasteiger partial charge on any atom is 0.219 e. The van der Waals surface area contributed by atoms with Crippen LogP contribution in [0.1, 0.15) is 35.7 Å². The Morgan fingerprint density at radius 1 is 1.15 bits per heavy atom. The predicted molar refractivity (Wildman–Crippen MR) is 81.7 cm³/mol. The number of pyridine rings is 1. The summed E-state index contributed by atoms with van der Waals surface area (Å²) in [4.78, 5) is 4.51. The Bertz CT molecular complexity index is 602. The molecule has 0 aliphatic heterocycles. The fourth-order valence-electron chi connectivity index (χ4n) is 2.66. The molecule has 3 heteroatoms. The first-order chi connectivity index (χ1) is 9.78. The largest absolute Gasteiger partial charge is 0.439 e. The van der Waals surface area contributed by atoms with Gasteiger partial charge in [-0.05, 0) is 60.6 Å². The maximum absolute atomic E-state index is 5.92. The Morgan fingerprint density at radius 2 is 2.00 bits per heavy atom. The van der Waals surface area contributed by atoms with Crippen LogP contribution in [0.15, 0.2) is 30.3 Å². The van der Waals surface area contributed by atoms with Crippen molar-refractivity contribution < 1.29 is 4.74 Å². The maximum atomic E-state index is 5.92. The van der Waals surface area contributed by atoms with E-state index in [4.69, 9.17) is 16.3 Å². The SMILES string of the molecule is CCc1cc(CCl)cc(Oc2ccc3c(c2)CCC3)n1. The van der Waals surface area contributed by atoms with Gasteiger partial charge in [-0.25, -0.2) is 4.98 Å². The van der Waals surface area contributed by atoms with Gasteiger partial charge in [-0.1, -0.05) is 13.0 Å². The molecule has 20 heavy (non-hydrogen) atoms. The Morgan fingerprint density at radius 3 is 2.80 bits per heavy atom. The van der Waals surface area contributed by atoms with Crippen LogP contribution in [0.3, 0.4) is 0 Å². The third-order valence-electron chi connectivity index (χ3n) is 3.72. The van der Waals surface area contributed by atoms with Crippen LogP contribution in [-0.4, -0.2) is 4.98 Å². The van der Waals surface area contributed by atoms with Gasteiger partial charge in [0.15, 0.2) is 0 Å². The molecule has 2 nitrogen and oxygen atoms in total. The number of alkyl halides is 1. The number of hydrogen-bond donors (Lipinski definition) is 0. The fourth-order valence-corrected chi connectivity index (χ4v) is 2.82. The van der Waals surface area contributed by atoms with Gasteiger partial charge in [0.1, 0.15) is 5.75 Å². The lowest BCUT2D eigenvalue weighted by Crippen LogP contribution is -1.95. The summed E-state index contributed by atoms with van der Waals surface area (Å²) >= 11 is 5.92. The lowest BCUT2D eigenvalue weighted by molar-refractivity contribution is 0.460. The van der Waals surface area contributed by atoms with Gasteiger partial charge >= 0.3 is 0 Å². The molecular weight excluding hydrogens is 270 g/mol.